The Kier molecular flexibility index (Phi) is 4.39. The molecule has 0 amide bonds. The molecule has 0 fully saturated rings. The van der Waals surface area contributed by atoms with Gasteiger partial charge < -0.3 is 14.9 Å². The molecule has 0 saturated heterocycles. The number of phenolic OH excluding ortho intramolecular Hbond substituents is 2. The van der Waals surface area contributed by atoms with Crippen molar-refractivity contribution in [3.8, 4) is 47.7 Å². The molecule has 0 bridgehead atoms. The average molecular weight is 278 g/mol. The van der Waals surface area contributed by atoms with Crippen molar-refractivity contribution in [1.82, 2.24) is 0 Å². The molecule has 0 saturated carbocycles. The Bertz CT molecular complexity index is 670. The summed E-state index contributed by atoms with van der Waals surface area (Å²) >= 11 is 0. The lowest BCUT2D eigenvalue weighted by Gasteiger charge is -2.11. The molecule has 3 heteroatoms. The van der Waals surface area contributed by atoms with Gasteiger partial charge in [-0.05, 0) is 35.4 Å². The third-order valence-corrected chi connectivity index (χ3v) is 2.88. The first-order valence-corrected chi connectivity index (χ1v) is 6.32. The summed E-state index contributed by atoms with van der Waals surface area (Å²) in [6.07, 6.45) is 11.4. The van der Waals surface area contributed by atoms with Crippen LogP contribution in [-0.2, 0) is 12.8 Å². The van der Waals surface area contributed by atoms with Crippen molar-refractivity contribution in [1.29, 1.82) is 0 Å². The summed E-state index contributed by atoms with van der Waals surface area (Å²) in [6, 6.07) is 9.73. The van der Waals surface area contributed by atoms with E-state index in [4.69, 9.17) is 17.6 Å². The van der Waals surface area contributed by atoms with Gasteiger partial charge in [-0.1, -0.05) is 12.1 Å². The van der Waals surface area contributed by atoms with Crippen LogP contribution in [-0.4, -0.2) is 10.2 Å². The Hall–Kier alpha value is -3.04. The number of aromatic hydroxyl groups is 2. The number of ether oxygens (including phenoxy) is 1. The normalized spacial score (nSPS) is 9.62. The smallest absolute Gasteiger partial charge is 0.169 e. The summed E-state index contributed by atoms with van der Waals surface area (Å²) in [7, 11) is 0. The summed E-state index contributed by atoms with van der Waals surface area (Å²) in [5, 5.41) is 19.7. The van der Waals surface area contributed by atoms with Gasteiger partial charge in [0.05, 0.1) is 0 Å². The van der Waals surface area contributed by atoms with E-state index in [1.165, 1.54) is 12.1 Å². The molecule has 3 nitrogen and oxygen atoms in total. The van der Waals surface area contributed by atoms with Gasteiger partial charge in [-0.3, -0.25) is 0 Å². The Labute approximate surface area is 123 Å². The van der Waals surface area contributed by atoms with Crippen LogP contribution in [0.15, 0.2) is 36.4 Å². The van der Waals surface area contributed by atoms with Crippen molar-refractivity contribution in [2.75, 3.05) is 0 Å². The second kappa shape index (κ2) is 6.41. The van der Waals surface area contributed by atoms with Gasteiger partial charge in [-0.15, -0.1) is 24.7 Å². The SMILES string of the molecule is C#CCc1ccc(O)c(Oc2cc(CC#C)ccc2O)c1. The van der Waals surface area contributed by atoms with E-state index in [0.717, 1.165) is 11.1 Å². The maximum Gasteiger partial charge on any atom is 0.169 e. The van der Waals surface area contributed by atoms with E-state index in [-0.39, 0.29) is 23.0 Å². The van der Waals surface area contributed by atoms with Crippen molar-refractivity contribution in [3.63, 3.8) is 0 Å². The second-order valence-corrected chi connectivity index (χ2v) is 4.47. The number of terminal acetylenes is 2. The van der Waals surface area contributed by atoms with E-state index in [2.05, 4.69) is 11.8 Å². The van der Waals surface area contributed by atoms with Gasteiger partial charge in [0.2, 0.25) is 0 Å². The van der Waals surface area contributed by atoms with E-state index in [1.807, 2.05) is 0 Å². The van der Waals surface area contributed by atoms with Crippen LogP contribution < -0.4 is 4.74 Å². The molecule has 104 valence electrons. The van der Waals surface area contributed by atoms with Crippen LogP contribution in [0, 0.1) is 24.7 Å². The molecule has 2 aromatic rings. The molecular formula is C18H14O3. The quantitative estimate of drug-likeness (QED) is 0.844. The third-order valence-electron chi connectivity index (χ3n) is 2.88. The Morgan fingerprint density at radius 2 is 1.24 bits per heavy atom. The maximum absolute atomic E-state index is 9.84. The molecule has 2 rings (SSSR count). The summed E-state index contributed by atoms with van der Waals surface area (Å²) in [6.45, 7) is 0. The minimum atomic E-state index is -0.0301. The molecule has 2 aromatic carbocycles. The molecule has 0 unspecified atom stereocenters. The zero-order chi connectivity index (χ0) is 15.2. The molecule has 2 N–H and O–H groups in total. The van der Waals surface area contributed by atoms with Crippen LogP contribution in [0.1, 0.15) is 11.1 Å². The molecule has 0 aromatic heterocycles. The number of hydrogen-bond donors (Lipinski definition) is 2. The van der Waals surface area contributed by atoms with Crippen molar-refractivity contribution in [2.45, 2.75) is 12.8 Å². The Morgan fingerprint density at radius 1 is 0.810 bits per heavy atom. The number of benzene rings is 2. The molecule has 0 aliphatic rings. The molecular weight excluding hydrogens is 264 g/mol. The number of rotatable bonds is 4. The van der Waals surface area contributed by atoms with Crippen LogP contribution in [0.5, 0.6) is 23.0 Å². The second-order valence-electron chi connectivity index (χ2n) is 4.47. The zero-order valence-corrected chi connectivity index (χ0v) is 11.3. The highest BCUT2D eigenvalue weighted by atomic mass is 16.5. The highest BCUT2D eigenvalue weighted by Gasteiger charge is 2.09. The minimum Gasteiger partial charge on any atom is -0.504 e. The monoisotopic (exact) mass is 278 g/mol. The number of phenols is 2. The molecule has 0 spiro atoms. The van der Waals surface area contributed by atoms with Crippen molar-refractivity contribution < 1.29 is 14.9 Å². The number of hydrogen-bond acceptors (Lipinski definition) is 3. The van der Waals surface area contributed by atoms with E-state index in [0.29, 0.717) is 12.8 Å². The van der Waals surface area contributed by atoms with Gasteiger partial charge in [0, 0.05) is 12.8 Å². The van der Waals surface area contributed by atoms with E-state index >= 15 is 0 Å². The fraction of sp³-hybridized carbons (Fsp3) is 0.111. The molecule has 21 heavy (non-hydrogen) atoms. The fourth-order valence-electron chi connectivity index (χ4n) is 1.85. The topological polar surface area (TPSA) is 49.7 Å². The lowest BCUT2D eigenvalue weighted by molar-refractivity contribution is 0.384. The summed E-state index contributed by atoms with van der Waals surface area (Å²) < 4.78 is 5.58. The largest absolute Gasteiger partial charge is 0.504 e. The lowest BCUT2D eigenvalue weighted by Crippen LogP contribution is -1.90. The van der Waals surface area contributed by atoms with Crippen LogP contribution in [0.25, 0.3) is 0 Å². The van der Waals surface area contributed by atoms with E-state index < -0.39 is 0 Å². The Morgan fingerprint density at radius 3 is 1.62 bits per heavy atom. The van der Waals surface area contributed by atoms with Crippen molar-refractivity contribution in [3.05, 3.63) is 47.5 Å². The standard InChI is InChI=1S/C18H14O3/c1-3-5-13-7-9-15(19)17(11-13)21-18-12-14(6-4-2)8-10-16(18)20/h1-2,7-12,19-20H,5-6H2. The summed E-state index contributed by atoms with van der Waals surface area (Å²) in [5.41, 5.74) is 1.68. The predicted molar refractivity (Wildman–Crippen MR) is 81.4 cm³/mol. The molecule has 0 heterocycles. The fourth-order valence-corrected chi connectivity index (χ4v) is 1.85. The van der Waals surface area contributed by atoms with Gasteiger partial charge in [0.25, 0.3) is 0 Å². The zero-order valence-electron chi connectivity index (χ0n) is 11.3. The third kappa shape index (κ3) is 3.49. The first-order chi connectivity index (χ1) is 10.1. The lowest BCUT2D eigenvalue weighted by atomic mass is 10.1. The summed E-state index contributed by atoms with van der Waals surface area (Å²) in [4.78, 5) is 0. The highest BCUT2D eigenvalue weighted by Crippen LogP contribution is 2.36. The highest BCUT2D eigenvalue weighted by molar-refractivity contribution is 5.49. The van der Waals surface area contributed by atoms with Gasteiger partial charge in [0.1, 0.15) is 0 Å². The van der Waals surface area contributed by atoms with Gasteiger partial charge in [-0.25, -0.2) is 0 Å². The minimum absolute atomic E-state index is 0.0301. The van der Waals surface area contributed by atoms with Crippen LogP contribution in [0.3, 0.4) is 0 Å². The Balaban J connectivity index is 2.33. The van der Waals surface area contributed by atoms with Gasteiger partial charge >= 0.3 is 0 Å². The van der Waals surface area contributed by atoms with Crippen LogP contribution in [0.4, 0.5) is 0 Å². The summed E-state index contributed by atoms with van der Waals surface area (Å²) in [5.74, 6) is 5.45. The molecule has 0 radical (unpaired) electrons. The van der Waals surface area contributed by atoms with E-state index in [1.54, 1.807) is 24.3 Å². The predicted octanol–water partition coefficient (Wildman–Crippen LogP) is 3.24. The first kappa shape index (κ1) is 14.4. The molecule has 0 aliphatic heterocycles. The average Bonchev–Trinajstić information content (AvgIpc) is 2.46. The van der Waals surface area contributed by atoms with Gasteiger partial charge in [-0.2, -0.15) is 0 Å². The van der Waals surface area contributed by atoms with Crippen LogP contribution in [0.2, 0.25) is 0 Å². The van der Waals surface area contributed by atoms with E-state index in [9.17, 15) is 10.2 Å². The van der Waals surface area contributed by atoms with Crippen molar-refractivity contribution in [2.24, 2.45) is 0 Å². The molecule has 0 aliphatic carbocycles. The molecule has 0 atom stereocenters. The first-order valence-electron chi connectivity index (χ1n) is 6.32. The van der Waals surface area contributed by atoms with Crippen LogP contribution >= 0.6 is 0 Å². The maximum atomic E-state index is 9.84. The van der Waals surface area contributed by atoms with Gasteiger partial charge in [0.15, 0.2) is 23.0 Å². The van der Waals surface area contributed by atoms with Crippen molar-refractivity contribution >= 4 is 0 Å².